The summed E-state index contributed by atoms with van der Waals surface area (Å²) in [4.78, 5) is 27.4. The number of nitrogens with zero attached hydrogens (tertiary/aromatic N) is 1. The fraction of sp³-hybridized carbons (Fsp3) is 0.417. The van der Waals surface area contributed by atoms with E-state index in [-0.39, 0.29) is 12.5 Å². The summed E-state index contributed by atoms with van der Waals surface area (Å²) in [6.07, 6.45) is 0. The number of carbonyl (C=O) groups excluding carboxylic acids is 2. The molecule has 32 heavy (non-hydrogen) atoms. The molecule has 0 bridgehead atoms. The number of amides is 3. The first-order valence-electron chi connectivity index (χ1n) is 10.5. The highest BCUT2D eigenvalue weighted by molar-refractivity contribution is 6.02. The van der Waals surface area contributed by atoms with E-state index in [4.69, 9.17) is 14.2 Å². The summed E-state index contributed by atoms with van der Waals surface area (Å²) in [6.45, 7) is 8.74. The second-order valence-corrected chi connectivity index (χ2v) is 8.85. The first-order valence-corrected chi connectivity index (χ1v) is 10.5. The third-order valence-electron chi connectivity index (χ3n) is 5.08. The Morgan fingerprint density at radius 3 is 2.28 bits per heavy atom. The Morgan fingerprint density at radius 2 is 1.69 bits per heavy atom. The number of urea groups is 1. The summed E-state index contributed by atoms with van der Waals surface area (Å²) >= 11 is 0. The molecule has 0 fully saturated rings. The van der Waals surface area contributed by atoms with Crippen molar-refractivity contribution in [2.24, 2.45) is 11.3 Å². The molecule has 8 heteroatoms. The van der Waals surface area contributed by atoms with Gasteiger partial charge < -0.3 is 29.7 Å². The largest absolute Gasteiger partial charge is 0.497 e. The van der Waals surface area contributed by atoms with E-state index < -0.39 is 11.4 Å². The van der Waals surface area contributed by atoms with Gasteiger partial charge in [0.15, 0.2) is 0 Å². The van der Waals surface area contributed by atoms with E-state index in [1.54, 1.807) is 55.5 Å². The molecule has 0 saturated carbocycles. The molecule has 172 valence electrons. The van der Waals surface area contributed by atoms with Crippen LogP contribution in [-0.2, 0) is 4.79 Å². The van der Waals surface area contributed by atoms with Crippen LogP contribution in [0.3, 0.4) is 0 Å². The number of hydrogen-bond acceptors (Lipinski definition) is 5. The summed E-state index contributed by atoms with van der Waals surface area (Å²) in [5, 5.41) is 5.58. The second kappa shape index (κ2) is 9.38. The maximum absolute atomic E-state index is 13.1. The highest BCUT2D eigenvalue weighted by Crippen LogP contribution is 2.38. The highest BCUT2D eigenvalue weighted by Gasteiger charge is 2.38. The molecule has 8 nitrogen and oxygen atoms in total. The minimum absolute atomic E-state index is 0.0235. The quantitative estimate of drug-likeness (QED) is 0.675. The zero-order valence-corrected chi connectivity index (χ0v) is 19.4. The summed E-state index contributed by atoms with van der Waals surface area (Å²) in [7, 11) is 3.09. The Bertz CT molecular complexity index is 981. The number of rotatable bonds is 6. The van der Waals surface area contributed by atoms with Crippen molar-refractivity contribution in [3.63, 3.8) is 0 Å². The van der Waals surface area contributed by atoms with Crippen LogP contribution in [0.2, 0.25) is 0 Å². The normalized spacial score (nSPS) is 14.8. The topological polar surface area (TPSA) is 89.1 Å². The molecule has 0 aliphatic carbocycles. The number of fused-ring (bicyclic) bond motifs is 1. The van der Waals surface area contributed by atoms with Crippen LogP contribution in [0.4, 0.5) is 21.9 Å². The van der Waals surface area contributed by atoms with Crippen molar-refractivity contribution in [2.45, 2.75) is 27.7 Å². The molecule has 0 radical (unpaired) electrons. The molecule has 1 aliphatic heterocycles. The van der Waals surface area contributed by atoms with Crippen LogP contribution in [0.15, 0.2) is 36.4 Å². The van der Waals surface area contributed by atoms with Crippen molar-refractivity contribution in [3.05, 3.63) is 36.4 Å². The molecule has 0 aromatic heterocycles. The fourth-order valence-corrected chi connectivity index (χ4v) is 3.44. The average molecular weight is 442 g/mol. The smallest absolute Gasteiger partial charge is 0.323 e. The van der Waals surface area contributed by atoms with Crippen molar-refractivity contribution < 1.29 is 23.8 Å². The number of carbonyl (C=O) groups is 2. The monoisotopic (exact) mass is 441 g/mol. The molecule has 0 spiro atoms. The van der Waals surface area contributed by atoms with Crippen molar-refractivity contribution in [1.82, 2.24) is 0 Å². The van der Waals surface area contributed by atoms with Gasteiger partial charge in [-0.15, -0.1) is 0 Å². The van der Waals surface area contributed by atoms with Gasteiger partial charge in [0, 0.05) is 42.2 Å². The highest BCUT2D eigenvalue weighted by atomic mass is 16.5. The second-order valence-electron chi connectivity index (χ2n) is 8.85. The minimum atomic E-state index is -0.649. The minimum Gasteiger partial charge on any atom is -0.497 e. The predicted molar refractivity (Wildman–Crippen MR) is 125 cm³/mol. The lowest BCUT2D eigenvalue weighted by molar-refractivity contribution is -0.127. The van der Waals surface area contributed by atoms with Crippen LogP contribution in [0.1, 0.15) is 27.7 Å². The van der Waals surface area contributed by atoms with Crippen LogP contribution in [0, 0.1) is 11.3 Å². The van der Waals surface area contributed by atoms with Crippen LogP contribution in [0.5, 0.6) is 17.2 Å². The Labute approximate surface area is 188 Å². The van der Waals surface area contributed by atoms with Gasteiger partial charge in [-0.2, -0.15) is 0 Å². The lowest BCUT2D eigenvalue weighted by Crippen LogP contribution is -2.43. The number of hydrogen-bond donors (Lipinski definition) is 2. The fourth-order valence-electron chi connectivity index (χ4n) is 3.44. The van der Waals surface area contributed by atoms with Gasteiger partial charge >= 0.3 is 6.03 Å². The van der Waals surface area contributed by atoms with E-state index in [1.807, 2.05) is 13.8 Å². The molecule has 0 saturated heterocycles. The lowest BCUT2D eigenvalue weighted by Gasteiger charge is -2.29. The van der Waals surface area contributed by atoms with Gasteiger partial charge in [-0.1, -0.05) is 13.8 Å². The van der Waals surface area contributed by atoms with E-state index in [9.17, 15) is 9.59 Å². The van der Waals surface area contributed by atoms with E-state index in [1.165, 1.54) is 0 Å². The zero-order chi connectivity index (χ0) is 23.5. The number of methoxy groups -OCH3 is 2. The van der Waals surface area contributed by atoms with Crippen molar-refractivity contribution >= 4 is 29.0 Å². The van der Waals surface area contributed by atoms with Crippen molar-refractivity contribution in [2.75, 3.05) is 42.9 Å². The molecule has 3 rings (SSSR count). The third kappa shape index (κ3) is 5.25. The number of benzene rings is 2. The van der Waals surface area contributed by atoms with E-state index >= 15 is 0 Å². The standard InChI is InChI=1S/C24H31N3O5/c1-15(2)13-27-20-8-7-16(11-21(20)32-14-24(3,4)22(27)28)25-23(29)26-17-9-18(30-5)12-19(10-17)31-6/h7-12,15H,13-14H2,1-6H3,(H2,25,26,29). The molecule has 1 aliphatic rings. The summed E-state index contributed by atoms with van der Waals surface area (Å²) in [5.41, 5.74) is 1.13. The molecule has 0 atom stereocenters. The maximum atomic E-state index is 13.1. The maximum Gasteiger partial charge on any atom is 0.323 e. The summed E-state index contributed by atoms with van der Waals surface area (Å²) < 4.78 is 16.4. The van der Waals surface area contributed by atoms with E-state index in [0.717, 1.165) is 0 Å². The predicted octanol–water partition coefficient (Wildman–Crippen LogP) is 4.76. The Morgan fingerprint density at radius 1 is 1.06 bits per heavy atom. The van der Waals surface area contributed by atoms with Gasteiger partial charge in [0.1, 0.15) is 23.9 Å². The van der Waals surface area contributed by atoms with Gasteiger partial charge in [0.2, 0.25) is 5.91 Å². The molecule has 2 N–H and O–H groups in total. The molecule has 2 aromatic rings. The van der Waals surface area contributed by atoms with Gasteiger partial charge in [0.25, 0.3) is 0 Å². The van der Waals surface area contributed by atoms with Gasteiger partial charge in [-0.05, 0) is 31.9 Å². The number of ether oxygens (including phenoxy) is 3. The molecule has 0 unspecified atom stereocenters. The van der Waals surface area contributed by atoms with Crippen LogP contribution in [0.25, 0.3) is 0 Å². The summed E-state index contributed by atoms with van der Waals surface area (Å²) in [6, 6.07) is 9.99. The van der Waals surface area contributed by atoms with Crippen molar-refractivity contribution in [1.29, 1.82) is 0 Å². The van der Waals surface area contributed by atoms with Crippen LogP contribution < -0.4 is 29.7 Å². The number of nitrogens with one attached hydrogen (secondary N) is 2. The van der Waals surface area contributed by atoms with Crippen LogP contribution in [-0.4, -0.2) is 39.3 Å². The van der Waals surface area contributed by atoms with Gasteiger partial charge in [-0.25, -0.2) is 4.79 Å². The lowest BCUT2D eigenvalue weighted by atomic mass is 9.92. The third-order valence-corrected chi connectivity index (χ3v) is 5.08. The first-order chi connectivity index (χ1) is 15.1. The molecular formula is C24H31N3O5. The average Bonchev–Trinajstić information content (AvgIpc) is 2.83. The Kier molecular flexibility index (Phi) is 6.81. The van der Waals surface area contributed by atoms with Gasteiger partial charge in [0.05, 0.1) is 25.3 Å². The molecular weight excluding hydrogens is 410 g/mol. The first kappa shape index (κ1) is 23.2. The van der Waals surface area contributed by atoms with Crippen LogP contribution >= 0.6 is 0 Å². The zero-order valence-electron chi connectivity index (χ0n) is 19.4. The van der Waals surface area contributed by atoms with Gasteiger partial charge in [-0.3, -0.25) is 4.79 Å². The SMILES string of the molecule is COc1cc(NC(=O)Nc2ccc3c(c2)OCC(C)(C)C(=O)N3CC(C)C)cc(OC)c1. The Hall–Kier alpha value is -3.42. The molecule has 3 amide bonds. The molecule has 1 heterocycles. The van der Waals surface area contributed by atoms with E-state index in [0.29, 0.717) is 46.8 Å². The van der Waals surface area contributed by atoms with Crippen molar-refractivity contribution in [3.8, 4) is 17.2 Å². The molecule has 2 aromatic carbocycles. The Balaban J connectivity index is 1.81. The summed E-state index contributed by atoms with van der Waals surface area (Å²) in [5.74, 6) is 2.01. The van der Waals surface area contributed by atoms with E-state index in [2.05, 4.69) is 24.5 Å². The number of anilines is 3.